The molecular weight excluding hydrogens is 266 g/mol. The molecule has 5 nitrogen and oxygen atoms in total. The third kappa shape index (κ3) is 3.23. The van der Waals surface area contributed by atoms with Crippen LogP contribution in [0.1, 0.15) is 44.2 Å². The molecule has 2 amide bonds. The molecule has 2 heterocycles. The van der Waals surface area contributed by atoms with Gasteiger partial charge in [0, 0.05) is 31.9 Å². The number of hydrogen-bond donors (Lipinski definition) is 1. The van der Waals surface area contributed by atoms with E-state index in [2.05, 4.69) is 10.3 Å². The molecule has 0 radical (unpaired) electrons. The molecule has 114 valence electrons. The number of rotatable bonds is 4. The molecule has 2 rings (SSSR count). The van der Waals surface area contributed by atoms with Crippen LogP contribution in [0.25, 0.3) is 0 Å². The summed E-state index contributed by atoms with van der Waals surface area (Å²) in [4.78, 5) is 30.7. The summed E-state index contributed by atoms with van der Waals surface area (Å²) in [5, 5.41) is 2.92. The molecule has 1 fully saturated rings. The average Bonchev–Trinajstić information content (AvgIpc) is 2.59. The molecule has 21 heavy (non-hydrogen) atoms. The van der Waals surface area contributed by atoms with Gasteiger partial charge in [0.05, 0.1) is 0 Å². The van der Waals surface area contributed by atoms with E-state index in [9.17, 15) is 9.59 Å². The molecule has 0 spiro atoms. The summed E-state index contributed by atoms with van der Waals surface area (Å²) in [5.74, 6) is -0.0308. The van der Waals surface area contributed by atoms with Crippen LogP contribution < -0.4 is 5.32 Å². The maximum Gasteiger partial charge on any atom is 0.248 e. The highest BCUT2D eigenvalue weighted by molar-refractivity contribution is 5.93. The minimum Gasteiger partial charge on any atom is -0.342 e. The monoisotopic (exact) mass is 289 g/mol. The van der Waals surface area contributed by atoms with E-state index < -0.39 is 5.54 Å². The maximum atomic E-state index is 12.9. The molecular formula is C16H23N3O2. The SMILES string of the molecule is CCC1(CC)NC(=O)CCN(Cc2cncc(C)c2)C1=O. The van der Waals surface area contributed by atoms with Gasteiger partial charge in [-0.05, 0) is 30.9 Å². The summed E-state index contributed by atoms with van der Waals surface area (Å²) in [6.07, 6.45) is 5.14. The Balaban J connectivity index is 2.25. The largest absolute Gasteiger partial charge is 0.342 e. The molecule has 1 aliphatic heterocycles. The first-order chi connectivity index (χ1) is 10.0. The summed E-state index contributed by atoms with van der Waals surface area (Å²) in [6, 6.07) is 2.03. The van der Waals surface area contributed by atoms with E-state index in [1.165, 1.54) is 0 Å². The van der Waals surface area contributed by atoms with Crippen LogP contribution in [0.2, 0.25) is 0 Å². The van der Waals surface area contributed by atoms with Crippen molar-refractivity contribution in [3.8, 4) is 0 Å². The minimum atomic E-state index is -0.759. The van der Waals surface area contributed by atoms with Crippen LogP contribution >= 0.6 is 0 Å². The van der Waals surface area contributed by atoms with Crippen molar-refractivity contribution in [2.45, 2.75) is 52.1 Å². The van der Waals surface area contributed by atoms with Crippen LogP contribution in [0, 0.1) is 6.92 Å². The molecule has 1 N–H and O–H groups in total. The van der Waals surface area contributed by atoms with Gasteiger partial charge in [-0.2, -0.15) is 0 Å². The second kappa shape index (κ2) is 6.24. The first-order valence-corrected chi connectivity index (χ1v) is 7.51. The number of carbonyl (C=O) groups is 2. The van der Waals surface area contributed by atoms with Crippen LogP contribution in [-0.4, -0.2) is 33.8 Å². The Labute approximate surface area is 125 Å². The fourth-order valence-corrected chi connectivity index (χ4v) is 2.83. The van der Waals surface area contributed by atoms with Crippen molar-refractivity contribution in [3.05, 3.63) is 29.6 Å². The number of pyridine rings is 1. The summed E-state index contributed by atoms with van der Waals surface area (Å²) >= 11 is 0. The topological polar surface area (TPSA) is 62.3 Å². The number of carbonyl (C=O) groups excluding carboxylic acids is 2. The first-order valence-electron chi connectivity index (χ1n) is 7.51. The van der Waals surface area contributed by atoms with Crippen molar-refractivity contribution < 1.29 is 9.59 Å². The standard InChI is InChI=1S/C16H23N3O2/c1-4-16(5-2)15(21)19(7-6-14(20)18-16)11-13-8-12(3)9-17-10-13/h8-10H,4-7,11H2,1-3H3,(H,18,20). The molecule has 0 atom stereocenters. The van der Waals surface area contributed by atoms with Gasteiger partial charge in [-0.25, -0.2) is 0 Å². The molecule has 0 aromatic carbocycles. The van der Waals surface area contributed by atoms with Crippen LogP contribution in [0.15, 0.2) is 18.5 Å². The molecule has 5 heteroatoms. The van der Waals surface area contributed by atoms with Crippen molar-refractivity contribution in [2.75, 3.05) is 6.54 Å². The quantitative estimate of drug-likeness (QED) is 0.919. The van der Waals surface area contributed by atoms with E-state index in [1.807, 2.05) is 26.8 Å². The highest BCUT2D eigenvalue weighted by atomic mass is 16.2. The Bertz CT molecular complexity index is 538. The molecule has 1 aromatic heterocycles. The molecule has 0 unspecified atom stereocenters. The van der Waals surface area contributed by atoms with Gasteiger partial charge in [-0.3, -0.25) is 14.6 Å². The number of nitrogens with one attached hydrogen (secondary N) is 1. The van der Waals surface area contributed by atoms with Gasteiger partial charge >= 0.3 is 0 Å². The molecule has 1 aliphatic rings. The van der Waals surface area contributed by atoms with Crippen molar-refractivity contribution in [1.29, 1.82) is 0 Å². The Hall–Kier alpha value is -1.91. The highest BCUT2D eigenvalue weighted by Crippen LogP contribution is 2.23. The lowest BCUT2D eigenvalue weighted by atomic mass is 9.91. The van der Waals surface area contributed by atoms with Crippen LogP contribution in [0.5, 0.6) is 0 Å². The van der Waals surface area contributed by atoms with Crippen molar-refractivity contribution in [3.63, 3.8) is 0 Å². The lowest BCUT2D eigenvalue weighted by Gasteiger charge is -2.33. The fourth-order valence-electron chi connectivity index (χ4n) is 2.83. The molecule has 0 saturated carbocycles. The molecule has 0 bridgehead atoms. The van der Waals surface area contributed by atoms with Crippen LogP contribution in [0.4, 0.5) is 0 Å². The van der Waals surface area contributed by atoms with Crippen LogP contribution in [-0.2, 0) is 16.1 Å². The average molecular weight is 289 g/mol. The van der Waals surface area contributed by atoms with Crippen LogP contribution in [0.3, 0.4) is 0 Å². The normalized spacial score (nSPS) is 18.3. The number of hydrogen-bond acceptors (Lipinski definition) is 3. The zero-order valence-electron chi connectivity index (χ0n) is 13.0. The predicted octanol–water partition coefficient (Wildman–Crippen LogP) is 1.80. The summed E-state index contributed by atoms with van der Waals surface area (Å²) < 4.78 is 0. The number of amides is 2. The smallest absolute Gasteiger partial charge is 0.248 e. The summed E-state index contributed by atoms with van der Waals surface area (Å²) in [7, 11) is 0. The van der Waals surface area contributed by atoms with Gasteiger partial charge in [0.1, 0.15) is 5.54 Å². The molecule has 1 aromatic rings. The van der Waals surface area contributed by atoms with E-state index in [-0.39, 0.29) is 11.8 Å². The summed E-state index contributed by atoms with van der Waals surface area (Å²) in [5.41, 5.74) is 1.31. The van der Waals surface area contributed by atoms with Gasteiger partial charge in [0.25, 0.3) is 0 Å². The van der Waals surface area contributed by atoms with E-state index in [0.717, 1.165) is 11.1 Å². The lowest BCUT2D eigenvalue weighted by molar-refractivity contribution is -0.139. The zero-order valence-corrected chi connectivity index (χ0v) is 13.0. The lowest BCUT2D eigenvalue weighted by Crippen LogP contribution is -2.56. The van der Waals surface area contributed by atoms with Crippen molar-refractivity contribution in [1.82, 2.24) is 15.2 Å². The first kappa shape index (κ1) is 15.5. The third-order valence-electron chi connectivity index (χ3n) is 4.20. The van der Waals surface area contributed by atoms with E-state index in [4.69, 9.17) is 0 Å². The second-order valence-electron chi connectivity index (χ2n) is 5.68. The number of aryl methyl sites for hydroxylation is 1. The second-order valence-corrected chi connectivity index (χ2v) is 5.68. The minimum absolute atomic E-state index is 0.0138. The Kier molecular flexibility index (Phi) is 4.60. The maximum absolute atomic E-state index is 12.9. The van der Waals surface area contributed by atoms with Gasteiger partial charge in [-0.15, -0.1) is 0 Å². The summed E-state index contributed by atoms with van der Waals surface area (Å²) in [6.45, 7) is 6.83. The van der Waals surface area contributed by atoms with E-state index in [1.54, 1.807) is 17.3 Å². The Morgan fingerprint density at radius 3 is 2.62 bits per heavy atom. The predicted molar refractivity (Wildman–Crippen MR) is 80.5 cm³/mol. The van der Waals surface area contributed by atoms with Crippen molar-refractivity contribution in [2.24, 2.45) is 0 Å². The number of aromatic nitrogens is 1. The Morgan fingerprint density at radius 2 is 2.00 bits per heavy atom. The number of nitrogens with zero attached hydrogens (tertiary/aromatic N) is 2. The zero-order chi connectivity index (χ0) is 15.5. The molecule has 0 aliphatic carbocycles. The Morgan fingerprint density at radius 1 is 1.29 bits per heavy atom. The fraction of sp³-hybridized carbons (Fsp3) is 0.562. The third-order valence-corrected chi connectivity index (χ3v) is 4.20. The van der Waals surface area contributed by atoms with E-state index >= 15 is 0 Å². The van der Waals surface area contributed by atoms with Gasteiger partial charge in [-0.1, -0.05) is 19.9 Å². The van der Waals surface area contributed by atoms with Gasteiger partial charge < -0.3 is 10.2 Å². The molecule has 1 saturated heterocycles. The van der Waals surface area contributed by atoms with Crippen molar-refractivity contribution >= 4 is 11.8 Å². The van der Waals surface area contributed by atoms with Gasteiger partial charge in [0.15, 0.2) is 0 Å². The highest BCUT2D eigenvalue weighted by Gasteiger charge is 2.41. The van der Waals surface area contributed by atoms with Gasteiger partial charge in [0.2, 0.25) is 11.8 Å². The van der Waals surface area contributed by atoms with E-state index in [0.29, 0.717) is 32.4 Å².